The Balaban J connectivity index is 4.41. The Morgan fingerprint density at radius 2 is 2.15 bits per heavy atom. The summed E-state index contributed by atoms with van der Waals surface area (Å²) in [5.74, 6) is 0.334. The van der Waals surface area contributed by atoms with E-state index in [0.717, 1.165) is 12.8 Å². The second kappa shape index (κ2) is 5.05. The van der Waals surface area contributed by atoms with Crippen LogP contribution in [0, 0.1) is 11.3 Å². The maximum Gasteiger partial charge on any atom is 0.316 e. The van der Waals surface area contributed by atoms with Gasteiger partial charge in [-0.25, -0.2) is 0 Å². The highest BCUT2D eigenvalue weighted by Crippen LogP contribution is 2.31. The summed E-state index contributed by atoms with van der Waals surface area (Å²) >= 11 is 0. The van der Waals surface area contributed by atoms with Gasteiger partial charge in [0.1, 0.15) is 0 Å². The molecule has 0 aromatic heterocycles. The molecule has 0 rings (SSSR count). The first kappa shape index (κ1) is 12.2. The van der Waals surface area contributed by atoms with E-state index in [1.165, 1.54) is 6.26 Å². The van der Waals surface area contributed by atoms with Crippen molar-refractivity contribution in [1.29, 1.82) is 0 Å². The van der Waals surface area contributed by atoms with Crippen LogP contribution in [0.5, 0.6) is 0 Å². The Labute approximate surface area is 81.0 Å². The summed E-state index contributed by atoms with van der Waals surface area (Å²) in [5, 5.41) is 0. The number of ether oxygens (including phenoxy) is 1. The van der Waals surface area contributed by atoms with E-state index >= 15 is 0 Å². The van der Waals surface area contributed by atoms with Crippen molar-refractivity contribution in [3.8, 4) is 0 Å². The molecule has 0 radical (unpaired) electrons. The van der Waals surface area contributed by atoms with E-state index in [-0.39, 0.29) is 11.4 Å². The molecule has 0 amide bonds. The lowest BCUT2D eigenvalue weighted by molar-refractivity contribution is -0.150. The first-order valence-corrected chi connectivity index (χ1v) is 4.78. The minimum absolute atomic E-state index is 0.168. The summed E-state index contributed by atoms with van der Waals surface area (Å²) in [7, 11) is 0. The molecular weight excluding hydrogens is 164 g/mol. The average Bonchev–Trinajstić information content (AvgIpc) is 2.03. The van der Waals surface area contributed by atoms with Gasteiger partial charge in [0.2, 0.25) is 0 Å². The van der Waals surface area contributed by atoms with Crippen LogP contribution in [0.15, 0.2) is 12.8 Å². The van der Waals surface area contributed by atoms with Gasteiger partial charge < -0.3 is 4.74 Å². The van der Waals surface area contributed by atoms with Crippen LogP contribution in [0.2, 0.25) is 0 Å². The van der Waals surface area contributed by atoms with Crippen molar-refractivity contribution in [2.45, 2.75) is 40.5 Å². The van der Waals surface area contributed by atoms with Crippen molar-refractivity contribution < 1.29 is 9.53 Å². The molecule has 0 aliphatic carbocycles. The van der Waals surface area contributed by atoms with Crippen LogP contribution in [0.3, 0.4) is 0 Å². The lowest BCUT2D eigenvalue weighted by atomic mass is 9.80. The second-order valence-electron chi connectivity index (χ2n) is 4.08. The van der Waals surface area contributed by atoms with Gasteiger partial charge in [-0.15, -0.1) is 0 Å². The van der Waals surface area contributed by atoms with Crippen LogP contribution in [0.25, 0.3) is 0 Å². The van der Waals surface area contributed by atoms with Crippen molar-refractivity contribution in [2.75, 3.05) is 0 Å². The molecule has 0 aromatic rings. The maximum absolute atomic E-state index is 11.5. The highest BCUT2D eigenvalue weighted by molar-refractivity contribution is 5.76. The van der Waals surface area contributed by atoms with Crippen molar-refractivity contribution in [2.24, 2.45) is 11.3 Å². The molecule has 0 aliphatic heterocycles. The minimum atomic E-state index is -0.359. The van der Waals surface area contributed by atoms with Crippen molar-refractivity contribution in [3.05, 3.63) is 12.8 Å². The fourth-order valence-corrected chi connectivity index (χ4v) is 1.49. The number of hydrogen-bond donors (Lipinski definition) is 0. The zero-order valence-electron chi connectivity index (χ0n) is 9.09. The van der Waals surface area contributed by atoms with Gasteiger partial charge in [-0.2, -0.15) is 0 Å². The molecule has 1 atom stereocenters. The summed E-state index contributed by atoms with van der Waals surface area (Å²) in [6, 6.07) is 0. The third-order valence-corrected chi connectivity index (χ3v) is 2.32. The summed E-state index contributed by atoms with van der Waals surface area (Å²) < 4.78 is 4.82. The van der Waals surface area contributed by atoms with Crippen molar-refractivity contribution in [1.82, 2.24) is 0 Å². The summed E-state index contributed by atoms with van der Waals surface area (Å²) in [5.41, 5.74) is -0.359. The Kier molecular flexibility index (Phi) is 4.74. The SMILES string of the molecule is C=COC(=O)[C@@](C)(CC)CC(C)C. The van der Waals surface area contributed by atoms with E-state index in [0.29, 0.717) is 5.92 Å². The van der Waals surface area contributed by atoms with Gasteiger partial charge >= 0.3 is 5.97 Å². The fraction of sp³-hybridized carbons (Fsp3) is 0.727. The Morgan fingerprint density at radius 1 is 1.62 bits per heavy atom. The van der Waals surface area contributed by atoms with Crippen LogP contribution in [-0.4, -0.2) is 5.97 Å². The third-order valence-electron chi connectivity index (χ3n) is 2.32. The molecule has 0 aromatic carbocycles. The van der Waals surface area contributed by atoms with Gasteiger partial charge in [0.25, 0.3) is 0 Å². The minimum Gasteiger partial charge on any atom is -0.435 e. The summed E-state index contributed by atoms with van der Waals surface area (Å²) in [4.78, 5) is 11.5. The smallest absolute Gasteiger partial charge is 0.316 e. The number of carbonyl (C=O) groups excluding carboxylic acids is 1. The predicted molar refractivity (Wildman–Crippen MR) is 54.1 cm³/mol. The zero-order valence-corrected chi connectivity index (χ0v) is 9.09. The lowest BCUT2D eigenvalue weighted by Gasteiger charge is -2.26. The molecule has 0 heterocycles. The fourth-order valence-electron chi connectivity index (χ4n) is 1.49. The van der Waals surface area contributed by atoms with Crippen molar-refractivity contribution in [3.63, 3.8) is 0 Å². The molecule has 0 bridgehead atoms. The number of hydrogen-bond acceptors (Lipinski definition) is 2. The molecule has 0 aliphatic rings. The highest BCUT2D eigenvalue weighted by atomic mass is 16.5. The molecule has 76 valence electrons. The van der Waals surface area contributed by atoms with E-state index in [4.69, 9.17) is 4.74 Å². The topological polar surface area (TPSA) is 26.3 Å². The van der Waals surface area contributed by atoms with E-state index < -0.39 is 0 Å². The first-order chi connectivity index (χ1) is 5.96. The Hall–Kier alpha value is -0.790. The van der Waals surface area contributed by atoms with Crippen LogP contribution in [0.4, 0.5) is 0 Å². The molecule has 0 N–H and O–H groups in total. The zero-order chi connectivity index (χ0) is 10.5. The molecule has 0 saturated carbocycles. The maximum atomic E-state index is 11.5. The number of rotatable bonds is 5. The van der Waals surface area contributed by atoms with E-state index in [1.807, 2.05) is 13.8 Å². The van der Waals surface area contributed by atoms with Crippen LogP contribution in [-0.2, 0) is 9.53 Å². The van der Waals surface area contributed by atoms with Crippen LogP contribution < -0.4 is 0 Å². The first-order valence-electron chi connectivity index (χ1n) is 4.78. The molecular formula is C11H20O2. The summed E-state index contributed by atoms with van der Waals surface area (Å²) in [6.45, 7) is 11.5. The molecule has 0 unspecified atom stereocenters. The molecule has 2 nitrogen and oxygen atoms in total. The van der Waals surface area contributed by atoms with Gasteiger partial charge in [-0.3, -0.25) is 4.79 Å². The predicted octanol–water partition coefficient (Wildman–Crippen LogP) is 3.14. The Bertz CT molecular complexity index is 185. The van der Waals surface area contributed by atoms with Gasteiger partial charge in [-0.1, -0.05) is 27.4 Å². The molecule has 0 spiro atoms. The highest BCUT2D eigenvalue weighted by Gasteiger charge is 2.33. The molecule has 13 heavy (non-hydrogen) atoms. The quantitative estimate of drug-likeness (QED) is 0.484. The second-order valence-corrected chi connectivity index (χ2v) is 4.08. The Morgan fingerprint density at radius 3 is 2.46 bits per heavy atom. The normalized spacial score (nSPS) is 15.2. The monoisotopic (exact) mass is 184 g/mol. The molecule has 0 fully saturated rings. The third kappa shape index (κ3) is 3.62. The van der Waals surface area contributed by atoms with E-state index in [2.05, 4.69) is 20.4 Å². The van der Waals surface area contributed by atoms with Gasteiger partial charge in [0, 0.05) is 0 Å². The van der Waals surface area contributed by atoms with E-state index in [1.54, 1.807) is 0 Å². The summed E-state index contributed by atoms with van der Waals surface area (Å²) in [6.07, 6.45) is 2.87. The van der Waals surface area contributed by atoms with Crippen LogP contribution in [0.1, 0.15) is 40.5 Å². The molecule has 0 saturated heterocycles. The van der Waals surface area contributed by atoms with Crippen molar-refractivity contribution >= 4 is 5.97 Å². The largest absolute Gasteiger partial charge is 0.435 e. The average molecular weight is 184 g/mol. The van der Waals surface area contributed by atoms with Gasteiger partial charge in [-0.05, 0) is 25.7 Å². The van der Waals surface area contributed by atoms with E-state index in [9.17, 15) is 4.79 Å². The number of esters is 1. The standard InChI is InChI=1S/C11H20O2/c1-6-11(5,8-9(3)4)10(12)13-7-2/h7,9H,2,6,8H2,1,3-5H3/t11-/m0/s1. The number of carbonyl (C=O) groups is 1. The van der Waals surface area contributed by atoms with Gasteiger partial charge in [0.05, 0.1) is 11.7 Å². The lowest BCUT2D eigenvalue weighted by Crippen LogP contribution is -2.29. The van der Waals surface area contributed by atoms with Gasteiger partial charge in [0.15, 0.2) is 0 Å². The van der Waals surface area contributed by atoms with Crippen LogP contribution >= 0.6 is 0 Å². The molecule has 2 heteroatoms.